The number of halogens is 1. The van der Waals surface area contributed by atoms with Gasteiger partial charge in [-0.25, -0.2) is 4.68 Å². The van der Waals surface area contributed by atoms with Crippen LogP contribution in [0.1, 0.15) is 24.3 Å². The van der Waals surface area contributed by atoms with Gasteiger partial charge in [0.15, 0.2) is 5.69 Å². The lowest BCUT2D eigenvalue weighted by Crippen LogP contribution is -2.46. The van der Waals surface area contributed by atoms with E-state index in [9.17, 15) is 4.79 Å². The first kappa shape index (κ1) is 14.7. The van der Waals surface area contributed by atoms with Gasteiger partial charge in [-0.3, -0.25) is 4.79 Å². The normalized spacial score (nSPS) is 11.4. The number of hydrogen-bond donors (Lipinski definition) is 2. The number of carbonyl (C=O) groups excluding carboxylic acids is 1. The van der Waals surface area contributed by atoms with Crippen LogP contribution < -0.4 is 5.32 Å². The average Bonchev–Trinajstić information content (AvgIpc) is 2.88. The quantitative estimate of drug-likeness (QED) is 0.898. The molecule has 1 amide bonds. The number of rotatable bonds is 4. The van der Waals surface area contributed by atoms with Gasteiger partial charge in [0.1, 0.15) is 0 Å². The lowest BCUT2D eigenvalue weighted by atomic mass is 10.1. The van der Waals surface area contributed by atoms with E-state index in [-0.39, 0.29) is 12.5 Å². The summed E-state index contributed by atoms with van der Waals surface area (Å²) in [6.07, 6.45) is 1.72. The summed E-state index contributed by atoms with van der Waals surface area (Å²) >= 11 is 3.40. The maximum absolute atomic E-state index is 12.0. The largest absolute Gasteiger partial charge is 0.394 e. The van der Waals surface area contributed by atoms with E-state index in [1.54, 1.807) is 30.8 Å². The van der Waals surface area contributed by atoms with Crippen molar-refractivity contribution in [3.05, 3.63) is 46.7 Å². The summed E-state index contributed by atoms with van der Waals surface area (Å²) in [5.41, 5.74) is 0.503. The Labute approximate surface area is 125 Å². The highest BCUT2D eigenvalue weighted by molar-refractivity contribution is 9.10. The molecule has 2 rings (SSSR count). The van der Waals surface area contributed by atoms with Crippen LogP contribution in [-0.2, 0) is 0 Å². The van der Waals surface area contributed by atoms with Crippen molar-refractivity contribution in [1.29, 1.82) is 0 Å². The van der Waals surface area contributed by atoms with Crippen molar-refractivity contribution >= 4 is 21.8 Å². The fraction of sp³-hybridized carbons (Fsp3) is 0.286. The van der Waals surface area contributed by atoms with Crippen molar-refractivity contribution in [2.24, 2.45) is 0 Å². The molecule has 0 bridgehead atoms. The Morgan fingerprint density at radius 3 is 2.85 bits per heavy atom. The van der Waals surface area contributed by atoms with Crippen LogP contribution in [0.25, 0.3) is 5.69 Å². The summed E-state index contributed by atoms with van der Waals surface area (Å²) in [4.78, 5) is 12.0. The lowest BCUT2D eigenvalue weighted by molar-refractivity contribution is 0.0864. The average molecular weight is 338 g/mol. The van der Waals surface area contributed by atoms with E-state index in [1.807, 2.05) is 24.3 Å². The summed E-state index contributed by atoms with van der Waals surface area (Å²) in [5, 5.41) is 16.1. The second-order valence-electron chi connectivity index (χ2n) is 5.12. The number of nitrogens with zero attached hydrogens (tertiary/aromatic N) is 2. The molecule has 0 spiro atoms. The van der Waals surface area contributed by atoms with Crippen molar-refractivity contribution in [1.82, 2.24) is 15.1 Å². The molecule has 0 radical (unpaired) electrons. The smallest absolute Gasteiger partial charge is 0.272 e. The highest BCUT2D eigenvalue weighted by atomic mass is 79.9. The van der Waals surface area contributed by atoms with Gasteiger partial charge in [0, 0.05) is 10.7 Å². The first-order valence-electron chi connectivity index (χ1n) is 6.16. The van der Waals surface area contributed by atoms with Crippen LogP contribution >= 0.6 is 15.9 Å². The van der Waals surface area contributed by atoms with Crippen LogP contribution in [-0.4, -0.2) is 32.9 Å². The third-order valence-electron chi connectivity index (χ3n) is 2.74. The molecule has 5 nitrogen and oxygen atoms in total. The summed E-state index contributed by atoms with van der Waals surface area (Å²) in [7, 11) is 0. The maximum atomic E-state index is 12.0. The molecule has 6 heteroatoms. The Balaban J connectivity index is 2.19. The zero-order valence-corrected chi connectivity index (χ0v) is 12.9. The number of aromatic nitrogens is 2. The first-order chi connectivity index (χ1) is 9.41. The number of carbonyl (C=O) groups is 1. The minimum Gasteiger partial charge on any atom is -0.394 e. The number of amides is 1. The van der Waals surface area contributed by atoms with E-state index in [0.29, 0.717) is 5.69 Å². The molecule has 106 valence electrons. The van der Waals surface area contributed by atoms with Gasteiger partial charge in [-0.15, -0.1) is 0 Å². The van der Waals surface area contributed by atoms with Crippen LogP contribution in [0.2, 0.25) is 0 Å². The Kier molecular flexibility index (Phi) is 4.25. The van der Waals surface area contributed by atoms with Gasteiger partial charge in [0.25, 0.3) is 5.91 Å². The van der Waals surface area contributed by atoms with Crippen LogP contribution in [0.15, 0.2) is 41.0 Å². The van der Waals surface area contributed by atoms with Gasteiger partial charge in [-0.2, -0.15) is 5.10 Å². The standard InChI is InChI=1S/C14H16BrN3O2/c1-14(2,9-19)16-13(20)12-6-7-18(17-12)11-5-3-4-10(15)8-11/h3-8,19H,9H2,1-2H3,(H,16,20). The third-order valence-corrected chi connectivity index (χ3v) is 3.23. The monoisotopic (exact) mass is 337 g/mol. The molecule has 20 heavy (non-hydrogen) atoms. The molecule has 0 aliphatic carbocycles. The fourth-order valence-electron chi connectivity index (χ4n) is 1.62. The highest BCUT2D eigenvalue weighted by Crippen LogP contribution is 2.15. The highest BCUT2D eigenvalue weighted by Gasteiger charge is 2.21. The second-order valence-corrected chi connectivity index (χ2v) is 6.04. The predicted molar refractivity (Wildman–Crippen MR) is 79.9 cm³/mol. The van der Waals surface area contributed by atoms with E-state index < -0.39 is 5.54 Å². The molecule has 0 unspecified atom stereocenters. The Bertz CT molecular complexity index is 622. The second kappa shape index (κ2) is 5.76. The zero-order chi connectivity index (χ0) is 14.8. The van der Waals surface area contributed by atoms with Crippen molar-refractivity contribution in [2.45, 2.75) is 19.4 Å². The molecule has 2 aromatic rings. The Morgan fingerprint density at radius 2 is 2.20 bits per heavy atom. The van der Waals surface area contributed by atoms with E-state index >= 15 is 0 Å². The van der Waals surface area contributed by atoms with Crippen molar-refractivity contribution < 1.29 is 9.90 Å². The molecule has 0 saturated heterocycles. The molecule has 2 N–H and O–H groups in total. The van der Waals surface area contributed by atoms with Crippen LogP contribution in [0, 0.1) is 0 Å². The number of aliphatic hydroxyl groups is 1. The number of hydrogen-bond acceptors (Lipinski definition) is 3. The molecular weight excluding hydrogens is 322 g/mol. The molecule has 0 fully saturated rings. The molecule has 1 heterocycles. The van der Waals surface area contributed by atoms with Gasteiger partial charge >= 0.3 is 0 Å². The van der Waals surface area contributed by atoms with E-state index in [2.05, 4.69) is 26.3 Å². The molecule has 1 aromatic heterocycles. The van der Waals surface area contributed by atoms with Gasteiger partial charge in [-0.1, -0.05) is 22.0 Å². The maximum Gasteiger partial charge on any atom is 0.272 e. The minimum atomic E-state index is -0.670. The summed E-state index contributed by atoms with van der Waals surface area (Å²) < 4.78 is 2.57. The molecule has 0 saturated carbocycles. The van der Waals surface area contributed by atoms with Crippen LogP contribution in [0.5, 0.6) is 0 Å². The summed E-state index contributed by atoms with van der Waals surface area (Å²) in [6.45, 7) is 3.36. The zero-order valence-electron chi connectivity index (χ0n) is 11.3. The van der Waals surface area contributed by atoms with Crippen LogP contribution in [0.4, 0.5) is 0 Å². The van der Waals surface area contributed by atoms with Gasteiger partial charge in [-0.05, 0) is 38.1 Å². The van der Waals surface area contributed by atoms with Crippen LogP contribution in [0.3, 0.4) is 0 Å². The topological polar surface area (TPSA) is 67.2 Å². The number of nitrogens with one attached hydrogen (secondary N) is 1. The summed E-state index contributed by atoms with van der Waals surface area (Å²) in [5.74, 6) is -0.308. The first-order valence-corrected chi connectivity index (χ1v) is 6.95. The van der Waals surface area contributed by atoms with Gasteiger partial charge < -0.3 is 10.4 Å². The fourth-order valence-corrected chi connectivity index (χ4v) is 2.01. The van der Waals surface area contributed by atoms with Crippen molar-refractivity contribution in [2.75, 3.05) is 6.61 Å². The third kappa shape index (κ3) is 3.46. The molecule has 0 aliphatic rings. The molecular formula is C14H16BrN3O2. The van der Waals surface area contributed by atoms with E-state index in [4.69, 9.17) is 5.11 Å². The lowest BCUT2D eigenvalue weighted by Gasteiger charge is -2.22. The molecule has 0 aliphatic heterocycles. The van der Waals surface area contributed by atoms with Crippen molar-refractivity contribution in [3.63, 3.8) is 0 Å². The molecule has 1 aromatic carbocycles. The number of benzene rings is 1. The molecule has 0 atom stereocenters. The predicted octanol–water partition coefficient (Wildman–Crippen LogP) is 2.14. The SMILES string of the molecule is CC(C)(CO)NC(=O)c1ccn(-c2cccc(Br)c2)n1. The Morgan fingerprint density at radius 1 is 1.45 bits per heavy atom. The number of aliphatic hydroxyl groups excluding tert-OH is 1. The van der Waals surface area contributed by atoms with Gasteiger partial charge in [0.05, 0.1) is 17.8 Å². The van der Waals surface area contributed by atoms with E-state index in [0.717, 1.165) is 10.2 Å². The summed E-state index contributed by atoms with van der Waals surface area (Å²) in [6, 6.07) is 9.27. The minimum absolute atomic E-state index is 0.134. The van der Waals surface area contributed by atoms with E-state index in [1.165, 1.54) is 0 Å². The van der Waals surface area contributed by atoms with Gasteiger partial charge in [0.2, 0.25) is 0 Å². The van der Waals surface area contributed by atoms with Crippen molar-refractivity contribution in [3.8, 4) is 5.69 Å². The Hall–Kier alpha value is -1.66.